The highest BCUT2D eigenvalue weighted by atomic mass is 16.5. The minimum atomic E-state index is 0.226. The van der Waals surface area contributed by atoms with Crippen LogP contribution in [0.25, 0.3) is 0 Å². The van der Waals surface area contributed by atoms with Gasteiger partial charge in [0.25, 0.3) is 0 Å². The highest BCUT2D eigenvalue weighted by molar-refractivity contribution is 5.79. The van der Waals surface area contributed by atoms with Crippen LogP contribution in [0.15, 0.2) is 24.3 Å². The molecule has 1 N–H and O–H groups in total. The van der Waals surface area contributed by atoms with E-state index in [2.05, 4.69) is 15.1 Å². The van der Waals surface area contributed by atoms with Crippen molar-refractivity contribution in [1.82, 2.24) is 15.1 Å². The maximum atomic E-state index is 12.6. The first-order valence-corrected chi connectivity index (χ1v) is 9.25. The molecule has 2 aliphatic rings. The van der Waals surface area contributed by atoms with Crippen molar-refractivity contribution in [1.29, 1.82) is 0 Å². The molecule has 2 aliphatic heterocycles. The van der Waals surface area contributed by atoms with Crippen LogP contribution in [0, 0.1) is 5.92 Å². The van der Waals surface area contributed by atoms with E-state index in [1.165, 1.54) is 0 Å². The highest BCUT2D eigenvalue weighted by Crippen LogP contribution is 2.19. The molecule has 1 amide bonds. The van der Waals surface area contributed by atoms with Crippen LogP contribution in [0.1, 0.15) is 12.8 Å². The lowest BCUT2D eigenvalue weighted by Crippen LogP contribution is -2.52. The molecule has 0 aromatic heterocycles. The fraction of sp³-hybridized carbons (Fsp3) is 0.632. The molecule has 1 aromatic rings. The molecule has 2 fully saturated rings. The predicted octanol–water partition coefficient (Wildman–Crippen LogP) is 1.22. The number of hydrogen-bond donors (Lipinski definition) is 1. The number of nitrogens with zero attached hydrogens (tertiary/aromatic N) is 2. The third-order valence-electron chi connectivity index (χ3n) is 5.09. The van der Waals surface area contributed by atoms with E-state index in [9.17, 15) is 4.79 Å². The van der Waals surface area contributed by atoms with Crippen LogP contribution in [0.2, 0.25) is 0 Å². The molecule has 3 rings (SSSR count). The van der Waals surface area contributed by atoms with Gasteiger partial charge in [0.1, 0.15) is 18.1 Å². The molecule has 0 radical (unpaired) electrons. The van der Waals surface area contributed by atoms with Gasteiger partial charge in [0.15, 0.2) is 0 Å². The number of benzene rings is 1. The van der Waals surface area contributed by atoms with E-state index in [1.54, 1.807) is 7.11 Å². The van der Waals surface area contributed by atoms with Gasteiger partial charge in [-0.3, -0.25) is 9.69 Å². The smallest absolute Gasteiger partial charge is 0.225 e. The Morgan fingerprint density at radius 2 is 1.88 bits per heavy atom. The lowest BCUT2D eigenvalue weighted by Gasteiger charge is -2.37. The van der Waals surface area contributed by atoms with Crippen molar-refractivity contribution in [2.75, 3.05) is 59.5 Å². The maximum Gasteiger partial charge on any atom is 0.225 e. The summed E-state index contributed by atoms with van der Waals surface area (Å²) in [5.41, 5.74) is 0. The lowest BCUT2D eigenvalue weighted by atomic mass is 9.96. The van der Waals surface area contributed by atoms with Crippen molar-refractivity contribution in [2.45, 2.75) is 12.8 Å². The topological polar surface area (TPSA) is 54.0 Å². The van der Waals surface area contributed by atoms with Gasteiger partial charge in [-0.2, -0.15) is 0 Å². The molecule has 6 heteroatoms. The van der Waals surface area contributed by atoms with Crippen molar-refractivity contribution in [3.05, 3.63) is 24.3 Å². The first-order chi connectivity index (χ1) is 12.3. The van der Waals surface area contributed by atoms with E-state index in [-0.39, 0.29) is 5.92 Å². The zero-order valence-electron chi connectivity index (χ0n) is 15.1. The number of nitrogens with one attached hydrogen (secondary N) is 1. The Kier molecular flexibility index (Phi) is 6.53. The summed E-state index contributed by atoms with van der Waals surface area (Å²) in [4.78, 5) is 17.0. The van der Waals surface area contributed by atoms with Gasteiger partial charge in [0.05, 0.1) is 7.11 Å². The third-order valence-corrected chi connectivity index (χ3v) is 5.09. The van der Waals surface area contributed by atoms with Crippen molar-refractivity contribution >= 4 is 5.91 Å². The molecular weight excluding hydrogens is 318 g/mol. The van der Waals surface area contributed by atoms with Gasteiger partial charge < -0.3 is 19.7 Å². The number of hydrogen-bond acceptors (Lipinski definition) is 5. The minimum Gasteiger partial charge on any atom is -0.497 e. The second kappa shape index (κ2) is 9.06. The second-order valence-corrected chi connectivity index (χ2v) is 6.72. The normalized spacial score (nSPS) is 19.6. The molecule has 138 valence electrons. The summed E-state index contributed by atoms with van der Waals surface area (Å²) in [6.07, 6.45) is 1.96. The Morgan fingerprint density at radius 1 is 1.16 bits per heavy atom. The molecule has 0 aliphatic carbocycles. The van der Waals surface area contributed by atoms with Crippen molar-refractivity contribution in [3.63, 3.8) is 0 Å². The average Bonchev–Trinajstić information content (AvgIpc) is 2.69. The summed E-state index contributed by atoms with van der Waals surface area (Å²) in [7, 11) is 1.66. The van der Waals surface area contributed by atoms with Gasteiger partial charge >= 0.3 is 0 Å². The van der Waals surface area contributed by atoms with Crippen LogP contribution in [-0.4, -0.2) is 75.2 Å². The largest absolute Gasteiger partial charge is 0.497 e. The Bertz CT molecular complexity index is 553. The van der Waals surface area contributed by atoms with Crippen LogP contribution >= 0.6 is 0 Å². The van der Waals surface area contributed by atoms with Gasteiger partial charge in [-0.15, -0.1) is 0 Å². The molecule has 0 bridgehead atoms. The van der Waals surface area contributed by atoms with Crippen molar-refractivity contribution < 1.29 is 14.3 Å². The molecule has 6 nitrogen and oxygen atoms in total. The minimum absolute atomic E-state index is 0.226. The average molecular weight is 347 g/mol. The fourth-order valence-electron chi connectivity index (χ4n) is 3.50. The number of piperidine rings is 1. The van der Waals surface area contributed by atoms with E-state index in [1.807, 2.05) is 24.3 Å². The Hall–Kier alpha value is -1.79. The van der Waals surface area contributed by atoms with Gasteiger partial charge in [0.2, 0.25) is 5.91 Å². The number of amides is 1. The van der Waals surface area contributed by atoms with Gasteiger partial charge in [-0.25, -0.2) is 0 Å². The predicted molar refractivity (Wildman–Crippen MR) is 97.1 cm³/mol. The Labute approximate surface area is 150 Å². The van der Waals surface area contributed by atoms with E-state index in [4.69, 9.17) is 9.47 Å². The number of methoxy groups -OCH3 is 1. The van der Waals surface area contributed by atoms with Gasteiger partial charge in [0, 0.05) is 44.7 Å². The zero-order chi connectivity index (χ0) is 17.5. The van der Waals surface area contributed by atoms with E-state index in [0.29, 0.717) is 12.5 Å². The lowest BCUT2D eigenvalue weighted by molar-refractivity contribution is -0.138. The van der Waals surface area contributed by atoms with E-state index < -0.39 is 0 Å². The number of rotatable bonds is 6. The molecule has 0 saturated carbocycles. The zero-order valence-corrected chi connectivity index (χ0v) is 15.1. The summed E-state index contributed by atoms with van der Waals surface area (Å²) in [5.74, 6) is 2.22. The molecule has 1 aromatic carbocycles. The van der Waals surface area contributed by atoms with Crippen LogP contribution in [-0.2, 0) is 4.79 Å². The molecule has 2 heterocycles. The molecule has 25 heavy (non-hydrogen) atoms. The Balaban J connectivity index is 1.36. The van der Waals surface area contributed by atoms with E-state index >= 15 is 0 Å². The summed E-state index contributed by atoms with van der Waals surface area (Å²) < 4.78 is 11.0. The molecular formula is C19H29N3O3. The fourth-order valence-corrected chi connectivity index (χ4v) is 3.50. The standard InChI is InChI=1S/C19H29N3O3/c1-24-17-3-2-4-18(15-17)25-14-13-21-9-11-22(12-10-21)19(23)16-5-7-20-8-6-16/h2-4,15-16,20H,5-14H2,1H3. The number of carbonyl (C=O) groups excluding carboxylic acids is 1. The second-order valence-electron chi connectivity index (χ2n) is 6.72. The quantitative estimate of drug-likeness (QED) is 0.839. The first-order valence-electron chi connectivity index (χ1n) is 9.25. The molecule has 0 unspecified atom stereocenters. The summed E-state index contributed by atoms with van der Waals surface area (Å²) in [5, 5.41) is 3.32. The molecule has 2 saturated heterocycles. The first kappa shape index (κ1) is 18.0. The Morgan fingerprint density at radius 3 is 2.60 bits per heavy atom. The summed E-state index contributed by atoms with van der Waals surface area (Å²) >= 11 is 0. The molecule has 0 spiro atoms. The number of carbonyl (C=O) groups is 1. The SMILES string of the molecule is COc1cccc(OCCN2CCN(C(=O)C3CCNCC3)CC2)c1. The van der Waals surface area contributed by atoms with Crippen molar-refractivity contribution in [2.24, 2.45) is 5.92 Å². The van der Waals surface area contributed by atoms with Crippen molar-refractivity contribution in [3.8, 4) is 11.5 Å². The highest BCUT2D eigenvalue weighted by Gasteiger charge is 2.28. The van der Waals surface area contributed by atoms with Crippen LogP contribution in [0.3, 0.4) is 0 Å². The maximum absolute atomic E-state index is 12.6. The van der Waals surface area contributed by atoms with Crippen LogP contribution in [0.4, 0.5) is 0 Å². The number of piperazine rings is 1. The monoisotopic (exact) mass is 347 g/mol. The van der Waals surface area contributed by atoms with Gasteiger partial charge in [-0.05, 0) is 38.1 Å². The summed E-state index contributed by atoms with van der Waals surface area (Å²) in [6, 6.07) is 7.68. The third kappa shape index (κ3) is 5.09. The van der Waals surface area contributed by atoms with Crippen LogP contribution < -0.4 is 14.8 Å². The number of ether oxygens (including phenoxy) is 2. The van der Waals surface area contributed by atoms with Gasteiger partial charge in [-0.1, -0.05) is 6.07 Å². The molecule has 0 atom stereocenters. The van der Waals surface area contributed by atoms with E-state index in [0.717, 1.165) is 70.2 Å². The van der Waals surface area contributed by atoms with Crippen LogP contribution in [0.5, 0.6) is 11.5 Å². The summed E-state index contributed by atoms with van der Waals surface area (Å²) in [6.45, 7) is 7.00.